The predicted molar refractivity (Wildman–Crippen MR) is 36.2 cm³/mol. The lowest BCUT2D eigenvalue weighted by Gasteiger charge is -1.85. The summed E-state index contributed by atoms with van der Waals surface area (Å²) in [5.41, 5.74) is 0. The fourth-order valence-electron chi connectivity index (χ4n) is 0.0467. The summed E-state index contributed by atoms with van der Waals surface area (Å²) < 4.78 is 3.72. The molecule has 0 fully saturated rings. The summed E-state index contributed by atoms with van der Waals surface area (Å²) in [6.45, 7) is 1.89. The molecule has 5 heteroatoms. The quantitative estimate of drug-likeness (QED) is 0.490. The number of rotatable bonds is 1. The van der Waals surface area contributed by atoms with Crippen LogP contribution in [0.1, 0.15) is 6.92 Å². The van der Waals surface area contributed by atoms with Crippen molar-refractivity contribution in [2.24, 2.45) is 0 Å². The van der Waals surface area contributed by atoms with E-state index in [1.54, 1.807) is 0 Å². The number of halogens is 2. The molecular formula is C4H8Cl2O3. The monoisotopic (exact) mass is 174 g/mol. The van der Waals surface area contributed by atoms with Gasteiger partial charge >= 0.3 is 6.16 Å². The molecule has 0 atom stereocenters. The van der Waals surface area contributed by atoms with Crippen molar-refractivity contribution < 1.29 is 14.6 Å². The van der Waals surface area contributed by atoms with E-state index in [2.05, 4.69) is 4.74 Å². The van der Waals surface area contributed by atoms with Crippen molar-refractivity contribution in [2.75, 3.05) is 11.9 Å². The van der Waals surface area contributed by atoms with Crippen molar-refractivity contribution in [3.63, 3.8) is 0 Å². The van der Waals surface area contributed by atoms with Crippen molar-refractivity contribution in [1.29, 1.82) is 0 Å². The van der Waals surface area contributed by atoms with Crippen LogP contribution in [0.5, 0.6) is 0 Å². The molecule has 0 aromatic heterocycles. The number of hydrogen-bond acceptors (Lipinski definition) is 2. The molecule has 0 amide bonds. The van der Waals surface area contributed by atoms with Crippen molar-refractivity contribution in [2.45, 2.75) is 6.92 Å². The maximum absolute atomic E-state index is 9.29. The van der Waals surface area contributed by atoms with E-state index in [-0.39, 0.29) is 6.07 Å². The Bertz CT molecular complexity index is 66.8. The van der Waals surface area contributed by atoms with Crippen LogP contribution in [0.15, 0.2) is 0 Å². The molecule has 0 saturated carbocycles. The maximum Gasteiger partial charge on any atom is 0.506 e. The second kappa shape index (κ2) is 10.8. The van der Waals surface area contributed by atoms with E-state index in [4.69, 9.17) is 28.3 Å². The summed E-state index contributed by atoms with van der Waals surface area (Å²) in [7, 11) is 0. The molecule has 0 aliphatic rings. The lowest BCUT2D eigenvalue weighted by atomic mass is 11.0. The standard InChI is InChI=1S/C2H3ClO3.C2H5Cl/c3-1-6-2(4)5;1-2-3/h1H2,(H,4,5);2H2,1H3. The third-order valence-corrected chi connectivity index (χ3v) is 0.287. The van der Waals surface area contributed by atoms with E-state index in [9.17, 15) is 4.79 Å². The van der Waals surface area contributed by atoms with Gasteiger partial charge in [-0.25, -0.2) is 4.79 Å². The highest BCUT2D eigenvalue weighted by molar-refractivity contribution is 6.17. The minimum Gasteiger partial charge on any atom is -0.450 e. The highest BCUT2D eigenvalue weighted by Crippen LogP contribution is 1.76. The molecule has 0 aromatic carbocycles. The highest BCUT2D eigenvalue weighted by atomic mass is 35.5. The van der Waals surface area contributed by atoms with Crippen LogP contribution in [-0.2, 0) is 4.74 Å². The van der Waals surface area contributed by atoms with Crippen LogP contribution in [-0.4, -0.2) is 23.2 Å². The summed E-state index contributed by atoms with van der Waals surface area (Å²) in [6, 6.07) is -0.296. The zero-order chi connectivity index (χ0) is 7.70. The van der Waals surface area contributed by atoms with Gasteiger partial charge in [0.15, 0.2) is 6.07 Å². The first-order valence-electron chi connectivity index (χ1n) is 2.16. The van der Waals surface area contributed by atoms with E-state index in [1.807, 2.05) is 6.92 Å². The Morgan fingerprint density at radius 3 is 2.00 bits per heavy atom. The third-order valence-electron chi connectivity index (χ3n) is 0.178. The molecule has 0 bridgehead atoms. The summed E-state index contributed by atoms with van der Waals surface area (Å²) in [6.07, 6.45) is -1.34. The molecular weight excluding hydrogens is 167 g/mol. The average molecular weight is 175 g/mol. The van der Waals surface area contributed by atoms with Gasteiger partial charge in [0.2, 0.25) is 0 Å². The van der Waals surface area contributed by atoms with Crippen molar-refractivity contribution in [3.8, 4) is 0 Å². The summed E-state index contributed by atoms with van der Waals surface area (Å²) in [4.78, 5) is 9.29. The number of ether oxygens (including phenoxy) is 1. The molecule has 3 nitrogen and oxygen atoms in total. The molecule has 0 saturated heterocycles. The summed E-state index contributed by atoms with van der Waals surface area (Å²) in [5.74, 6) is 0.722. The van der Waals surface area contributed by atoms with Gasteiger partial charge in [0.1, 0.15) is 0 Å². The van der Waals surface area contributed by atoms with Gasteiger partial charge in [-0.3, -0.25) is 0 Å². The molecule has 9 heavy (non-hydrogen) atoms. The molecule has 0 radical (unpaired) electrons. The predicted octanol–water partition coefficient (Wildman–Crippen LogP) is 2.12. The van der Waals surface area contributed by atoms with Crippen LogP contribution in [0.25, 0.3) is 0 Å². The molecule has 0 aromatic rings. The summed E-state index contributed by atoms with van der Waals surface area (Å²) >= 11 is 9.79. The van der Waals surface area contributed by atoms with Crippen LogP contribution in [0.3, 0.4) is 0 Å². The van der Waals surface area contributed by atoms with Crippen LogP contribution < -0.4 is 0 Å². The van der Waals surface area contributed by atoms with Crippen molar-refractivity contribution in [1.82, 2.24) is 0 Å². The Hall–Kier alpha value is -0.150. The zero-order valence-corrected chi connectivity index (χ0v) is 6.45. The molecule has 0 aliphatic heterocycles. The van der Waals surface area contributed by atoms with Gasteiger partial charge in [0.05, 0.1) is 0 Å². The normalized spacial score (nSPS) is 7.00. The van der Waals surface area contributed by atoms with Gasteiger partial charge in [0, 0.05) is 5.88 Å². The van der Waals surface area contributed by atoms with Crippen molar-refractivity contribution >= 4 is 29.4 Å². The highest BCUT2D eigenvalue weighted by Gasteiger charge is 1.87. The number of carboxylic acid groups (broad SMARTS) is 1. The van der Waals surface area contributed by atoms with Gasteiger partial charge in [-0.15, -0.1) is 11.6 Å². The second-order valence-electron chi connectivity index (χ2n) is 0.787. The minimum atomic E-state index is -1.34. The second-order valence-corrected chi connectivity index (χ2v) is 1.54. The van der Waals surface area contributed by atoms with Gasteiger partial charge in [-0.05, 0) is 0 Å². The Kier molecular flexibility index (Phi) is 13.9. The first-order chi connectivity index (χ1) is 4.18. The number of alkyl halides is 2. The van der Waals surface area contributed by atoms with E-state index < -0.39 is 6.16 Å². The topological polar surface area (TPSA) is 46.5 Å². The zero-order valence-electron chi connectivity index (χ0n) is 4.93. The Morgan fingerprint density at radius 2 is 2.00 bits per heavy atom. The molecule has 0 spiro atoms. The van der Waals surface area contributed by atoms with E-state index >= 15 is 0 Å². The minimum absolute atomic E-state index is 0.296. The Labute approximate surface area is 63.5 Å². The lowest BCUT2D eigenvalue weighted by molar-refractivity contribution is 0.107. The fourth-order valence-corrected chi connectivity index (χ4v) is 0.140. The van der Waals surface area contributed by atoms with Gasteiger partial charge in [-0.2, -0.15) is 0 Å². The van der Waals surface area contributed by atoms with E-state index in [1.165, 1.54) is 0 Å². The number of hydrogen-bond donors (Lipinski definition) is 1. The fraction of sp³-hybridized carbons (Fsp3) is 0.750. The van der Waals surface area contributed by atoms with E-state index in [0.29, 0.717) is 0 Å². The smallest absolute Gasteiger partial charge is 0.450 e. The molecule has 1 N–H and O–H groups in total. The van der Waals surface area contributed by atoms with Gasteiger partial charge < -0.3 is 9.84 Å². The van der Waals surface area contributed by atoms with Crippen molar-refractivity contribution in [3.05, 3.63) is 0 Å². The number of carbonyl (C=O) groups is 1. The summed E-state index contributed by atoms with van der Waals surface area (Å²) in [5, 5.41) is 7.61. The Balaban J connectivity index is 0. The SMILES string of the molecule is CCCl.O=C(O)OCCl. The third kappa shape index (κ3) is 33.1. The largest absolute Gasteiger partial charge is 0.506 e. The molecule has 0 aliphatic carbocycles. The van der Waals surface area contributed by atoms with Crippen LogP contribution in [0, 0.1) is 0 Å². The van der Waals surface area contributed by atoms with Gasteiger partial charge in [-0.1, -0.05) is 18.5 Å². The average Bonchev–Trinajstić information content (AvgIpc) is 1.67. The lowest BCUT2D eigenvalue weighted by Crippen LogP contribution is -1.95. The van der Waals surface area contributed by atoms with Crippen LogP contribution in [0.4, 0.5) is 4.79 Å². The first-order valence-corrected chi connectivity index (χ1v) is 3.23. The van der Waals surface area contributed by atoms with Gasteiger partial charge in [0.25, 0.3) is 0 Å². The molecule has 56 valence electrons. The molecule has 0 rings (SSSR count). The maximum atomic E-state index is 9.29. The van der Waals surface area contributed by atoms with E-state index in [0.717, 1.165) is 5.88 Å². The first kappa shape index (κ1) is 11.6. The van der Waals surface area contributed by atoms with Crippen LogP contribution in [0.2, 0.25) is 0 Å². The molecule has 0 heterocycles. The van der Waals surface area contributed by atoms with Crippen LogP contribution >= 0.6 is 23.2 Å². The Morgan fingerprint density at radius 1 is 1.67 bits per heavy atom. The molecule has 0 unspecified atom stereocenters.